The minimum absolute atomic E-state index is 0.201. The summed E-state index contributed by atoms with van der Waals surface area (Å²) >= 11 is 0. The van der Waals surface area contributed by atoms with Crippen molar-refractivity contribution in [2.45, 2.75) is 0 Å². The highest BCUT2D eigenvalue weighted by atomic mass is 16.5. The van der Waals surface area contributed by atoms with Crippen molar-refractivity contribution in [1.29, 1.82) is 0 Å². The number of benzene rings is 1. The number of carbonyl (C=O) groups is 2. The lowest BCUT2D eigenvalue weighted by Crippen LogP contribution is -2.09. The Morgan fingerprint density at radius 2 is 1.65 bits per heavy atom. The second-order valence-corrected chi connectivity index (χ2v) is 3.97. The summed E-state index contributed by atoms with van der Waals surface area (Å²) in [6, 6.07) is 10.6. The van der Waals surface area contributed by atoms with Crippen molar-refractivity contribution in [3.05, 3.63) is 53.7 Å². The van der Waals surface area contributed by atoms with Gasteiger partial charge in [-0.15, -0.1) is 0 Å². The van der Waals surface area contributed by atoms with E-state index in [2.05, 4.69) is 9.72 Å². The second-order valence-electron chi connectivity index (χ2n) is 3.97. The summed E-state index contributed by atoms with van der Waals surface area (Å²) < 4.78 is 9.35. The highest BCUT2D eigenvalue weighted by Crippen LogP contribution is 2.23. The second kappa shape index (κ2) is 5.97. The van der Waals surface area contributed by atoms with Gasteiger partial charge in [-0.25, -0.2) is 9.59 Å². The predicted molar refractivity (Wildman–Crippen MR) is 72.4 cm³/mol. The van der Waals surface area contributed by atoms with E-state index in [9.17, 15) is 9.59 Å². The van der Waals surface area contributed by atoms with E-state index in [1.54, 1.807) is 0 Å². The SMILES string of the molecule is COC(=O)c1cnc(-c2ccccc2)c(C(=O)OC)c1. The first-order valence-corrected chi connectivity index (χ1v) is 5.89. The average Bonchev–Trinajstić information content (AvgIpc) is 2.53. The Morgan fingerprint density at radius 3 is 2.25 bits per heavy atom. The zero-order valence-electron chi connectivity index (χ0n) is 11.1. The van der Waals surface area contributed by atoms with E-state index in [-0.39, 0.29) is 11.1 Å². The van der Waals surface area contributed by atoms with E-state index >= 15 is 0 Å². The van der Waals surface area contributed by atoms with E-state index in [1.165, 1.54) is 26.5 Å². The predicted octanol–water partition coefficient (Wildman–Crippen LogP) is 2.32. The lowest BCUT2D eigenvalue weighted by Gasteiger charge is -2.08. The number of carbonyl (C=O) groups excluding carboxylic acids is 2. The van der Waals surface area contributed by atoms with Crippen molar-refractivity contribution < 1.29 is 19.1 Å². The third-order valence-corrected chi connectivity index (χ3v) is 2.76. The van der Waals surface area contributed by atoms with Crippen molar-refractivity contribution in [1.82, 2.24) is 4.98 Å². The summed E-state index contributed by atoms with van der Waals surface area (Å²) in [5, 5.41) is 0. The van der Waals surface area contributed by atoms with Gasteiger partial charge in [0.1, 0.15) is 0 Å². The van der Waals surface area contributed by atoms with Crippen LogP contribution in [0.5, 0.6) is 0 Å². The van der Waals surface area contributed by atoms with Gasteiger partial charge < -0.3 is 9.47 Å². The molecule has 0 fully saturated rings. The first-order valence-electron chi connectivity index (χ1n) is 5.89. The van der Waals surface area contributed by atoms with Crippen LogP contribution in [0.15, 0.2) is 42.6 Å². The van der Waals surface area contributed by atoms with Gasteiger partial charge in [0, 0.05) is 11.8 Å². The highest BCUT2D eigenvalue weighted by molar-refractivity contribution is 5.99. The molecule has 0 saturated carbocycles. The zero-order valence-corrected chi connectivity index (χ0v) is 11.1. The standard InChI is InChI=1S/C15H13NO4/c1-19-14(17)11-8-12(15(18)20-2)13(16-9-11)10-6-4-3-5-7-10/h3-9H,1-2H3. The Kier molecular flexibility index (Phi) is 4.10. The van der Waals surface area contributed by atoms with Crippen LogP contribution in [0.4, 0.5) is 0 Å². The summed E-state index contributed by atoms with van der Waals surface area (Å²) in [4.78, 5) is 27.6. The Balaban J connectivity index is 2.57. The molecule has 5 heteroatoms. The van der Waals surface area contributed by atoms with Crippen molar-refractivity contribution in [3.63, 3.8) is 0 Å². The fraction of sp³-hybridized carbons (Fsp3) is 0.133. The number of methoxy groups -OCH3 is 2. The lowest BCUT2D eigenvalue weighted by molar-refractivity contribution is 0.0599. The fourth-order valence-corrected chi connectivity index (χ4v) is 1.79. The summed E-state index contributed by atoms with van der Waals surface area (Å²) in [5.74, 6) is -1.11. The number of rotatable bonds is 3. The van der Waals surface area contributed by atoms with Gasteiger partial charge >= 0.3 is 11.9 Å². The normalized spacial score (nSPS) is 9.90. The maximum absolute atomic E-state index is 11.9. The van der Waals surface area contributed by atoms with Gasteiger partial charge in [0.05, 0.1) is 31.0 Å². The molecule has 2 aromatic rings. The molecule has 0 aliphatic carbocycles. The van der Waals surface area contributed by atoms with E-state index in [0.29, 0.717) is 5.69 Å². The molecule has 0 radical (unpaired) electrons. The van der Waals surface area contributed by atoms with Crippen LogP contribution in [-0.4, -0.2) is 31.1 Å². The molecule has 5 nitrogen and oxygen atoms in total. The summed E-state index contributed by atoms with van der Waals surface area (Å²) in [5.41, 5.74) is 1.66. The average molecular weight is 271 g/mol. The maximum Gasteiger partial charge on any atom is 0.340 e. The Labute approximate surface area is 116 Å². The van der Waals surface area contributed by atoms with Crippen LogP contribution < -0.4 is 0 Å². The Hall–Kier alpha value is -2.69. The van der Waals surface area contributed by atoms with E-state index in [1.807, 2.05) is 30.3 Å². The summed E-state index contributed by atoms with van der Waals surface area (Å²) in [6.45, 7) is 0. The Bertz CT molecular complexity index is 638. The van der Waals surface area contributed by atoms with Gasteiger partial charge in [-0.2, -0.15) is 0 Å². The quantitative estimate of drug-likeness (QED) is 0.801. The number of ether oxygens (including phenoxy) is 2. The van der Waals surface area contributed by atoms with E-state index < -0.39 is 11.9 Å². The fourth-order valence-electron chi connectivity index (χ4n) is 1.79. The Morgan fingerprint density at radius 1 is 1.00 bits per heavy atom. The molecule has 0 aliphatic heterocycles. The monoisotopic (exact) mass is 271 g/mol. The first-order chi connectivity index (χ1) is 9.67. The third-order valence-electron chi connectivity index (χ3n) is 2.76. The minimum Gasteiger partial charge on any atom is -0.465 e. The van der Waals surface area contributed by atoms with Crippen LogP contribution in [0.25, 0.3) is 11.3 Å². The molecule has 0 atom stereocenters. The number of hydrogen-bond donors (Lipinski definition) is 0. The van der Waals surface area contributed by atoms with Gasteiger partial charge in [-0.05, 0) is 6.07 Å². The van der Waals surface area contributed by atoms with Crippen LogP contribution in [0.1, 0.15) is 20.7 Å². The van der Waals surface area contributed by atoms with Crippen molar-refractivity contribution in [3.8, 4) is 11.3 Å². The molecule has 0 saturated heterocycles. The topological polar surface area (TPSA) is 65.5 Å². The first kappa shape index (κ1) is 13.7. The van der Waals surface area contributed by atoms with Crippen molar-refractivity contribution in [2.24, 2.45) is 0 Å². The molecule has 1 aromatic carbocycles. The molecule has 2 rings (SSSR count). The van der Waals surface area contributed by atoms with Crippen molar-refractivity contribution >= 4 is 11.9 Å². The van der Waals surface area contributed by atoms with Crippen LogP contribution >= 0.6 is 0 Å². The largest absolute Gasteiger partial charge is 0.465 e. The summed E-state index contributed by atoms with van der Waals surface area (Å²) in [6.07, 6.45) is 1.38. The van der Waals surface area contributed by atoms with E-state index in [4.69, 9.17) is 4.74 Å². The van der Waals surface area contributed by atoms with Gasteiger partial charge in [0.25, 0.3) is 0 Å². The molecule has 0 aliphatic rings. The highest BCUT2D eigenvalue weighted by Gasteiger charge is 2.18. The summed E-state index contributed by atoms with van der Waals surface area (Å²) in [7, 11) is 2.55. The van der Waals surface area contributed by atoms with Gasteiger partial charge in [-0.1, -0.05) is 30.3 Å². The van der Waals surface area contributed by atoms with Crippen LogP contribution in [-0.2, 0) is 9.47 Å². The van der Waals surface area contributed by atoms with Crippen LogP contribution in [0, 0.1) is 0 Å². The van der Waals surface area contributed by atoms with Crippen LogP contribution in [0.2, 0.25) is 0 Å². The lowest BCUT2D eigenvalue weighted by atomic mass is 10.0. The molecular weight excluding hydrogens is 258 g/mol. The molecular formula is C15H13NO4. The number of esters is 2. The maximum atomic E-state index is 11.9. The van der Waals surface area contributed by atoms with Gasteiger partial charge in [0.2, 0.25) is 0 Å². The van der Waals surface area contributed by atoms with Crippen molar-refractivity contribution in [2.75, 3.05) is 14.2 Å². The molecule has 1 heterocycles. The van der Waals surface area contributed by atoms with Gasteiger partial charge in [0.15, 0.2) is 0 Å². The zero-order chi connectivity index (χ0) is 14.5. The smallest absolute Gasteiger partial charge is 0.340 e. The molecule has 20 heavy (non-hydrogen) atoms. The third kappa shape index (κ3) is 2.66. The van der Waals surface area contributed by atoms with Gasteiger partial charge in [-0.3, -0.25) is 4.98 Å². The molecule has 0 bridgehead atoms. The molecule has 0 N–H and O–H groups in total. The molecule has 1 aromatic heterocycles. The molecule has 0 amide bonds. The molecule has 0 unspecified atom stereocenters. The van der Waals surface area contributed by atoms with E-state index in [0.717, 1.165) is 5.56 Å². The molecule has 102 valence electrons. The number of aromatic nitrogens is 1. The van der Waals surface area contributed by atoms with Crippen LogP contribution in [0.3, 0.4) is 0 Å². The minimum atomic E-state index is -0.554. The molecule has 0 spiro atoms. The number of nitrogens with zero attached hydrogens (tertiary/aromatic N) is 1. The number of hydrogen-bond acceptors (Lipinski definition) is 5. The number of pyridine rings is 1.